The fraction of sp³-hybridized carbons (Fsp3) is 0.579. The molecule has 0 saturated carbocycles. The molecule has 8 atom stereocenters. The second kappa shape index (κ2) is 8.16. The molecule has 0 radical (unpaired) electrons. The molecule has 1 unspecified atom stereocenters. The zero-order valence-electron chi connectivity index (χ0n) is 17.6. The molecule has 2 aliphatic rings. The number of ether oxygens (including phenoxy) is 2. The van der Waals surface area contributed by atoms with Crippen molar-refractivity contribution in [3.63, 3.8) is 0 Å². The maximum absolute atomic E-state index is 12.5. The van der Waals surface area contributed by atoms with Crippen LogP contribution >= 0.6 is 0 Å². The molecule has 0 spiro atoms. The van der Waals surface area contributed by atoms with Gasteiger partial charge in [0.15, 0.2) is 0 Å². The standard InChI is InChI=1S/C19H24N4O10/c1-7-6-22(17(30)21-16(7)29)11-5-9(24)13(32-11)15(28)19(14(27)12(26)8(2)33-19)23-4-3-10(25)20-18(23)31/h3-4,6,8-9,11-15,24,26-28H,5H2,1-2H3,(H,20,25,31)(H,21,29,30)/t8-,9+,11-,12-,13+,14-,15?,19+/m1/s1. The summed E-state index contributed by atoms with van der Waals surface area (Å²) in [6.45, 7) is 2.87. The van der Waals surface area contributed by atoms with Crippen molar-refractivity contribution in [2.24, 2.45) is 0 Å². The SMILES string of the molecule is Cc1cn([C@H]2C[C@H](O)[C@@H](C(O)[C@@]3(n4ccc(=O)[nH]c4=O)O[C@H](C)[C@@H](O)[C@H]3O)O2)c(=O)[nH]c1=O. The lowest BCUT2D eigenvalue weighted by Gasteiger charge is -2.40. The first-order chi connectivity index (χ1) is 15.5. The van der Waals surface area contributed by atoms with Gasteiger partial charge in [-0.3, -0.25) is 28.7 Å². The normalized spacial score (nSPS) is 35.1. The van der Waals surface area contributed by atoms with Gasteiger partial charge in [0.25, 0.3) is 11.1 Å². The molecule has 180 valence electrons. The van der Waals surface area contributed by atoms with Crippen LogP contribution in [0.25, 0.3) is 0 Å². The van der Waals surface area contributed by atoms with Crippen molar-refractivity contribution < 1.29 is 29.9 Å². The Morgan fingerprint density at radius 3 is 2.45 bits per heavy atom. The van der Waals surface area contributed by atoms with Crippen molar-refractivity contribution in [1.29, 1.82) is 0 Å². The number of aromatic amines is 2. The number of aliphatic hydroxyl groups is 4. The molecule has 2 fully saturated rings. The minimum atomic E-state index is -2.34. The number of rotatable bonds is 4. The maximum atomic E-state index is 12.5. The molecule has 0 aromatic carbocycles. The Bertz CT molecular complexity index is 1280. The van der Waals surface area contributed by atoms with E-state index in [1.807, 2.05) is 4.98 Å². The van der Waals surface area contributed by atoms with Crippen molar-refractivity contribution in [3.8, 4) is 0 Å². The summed E-state index contributed by atoms with van der Waals surface area (Å²) in [4.78, 5) is 52.0. The second-order valence-electron chi connectivity index (χ2n) is 8.27. The fourth-order valence-corrected chi connectivity index (χ4v) is 4.39. The van der Waals surface area contributed by atoms with Gasteiger partial charge in [0.1, 0.15) is 30.6 Å². The summed E-state index contributed by atoms with van der Waals surface area (Å²) in [7, 11) is 0. The number of hydrogen-bond donors (Lipinski definition) is 6. The highest BCUT2D eigenvalue weighted by atomic mass is 16.6. The summed E-state index contributed by atoms with van der Waals surface area (Å²) in [5.74, 6) is 0. The van der Waals surface area contributed by atoms with Crippen LogP contribution in [-0.2, 0) is 15.2 Å². The van der Waals surface area contributed by atoms with Crippen molar-refractivity contribution in [1.82, 2.24) is 19.1 Å². The van der Waals surface area contributed by atoms with Crippen LogP contribution in [0.15, 0.2) is 37.6 Å². The lowest BCUT2D eigenvalue weighted by Crippen LogP contribution is -2.62. The van der Waals surface area contributed by atoms with Crippen molar-refractivity contribution in [2.75, 3.05) is 0 Å². The van der Waals surface area contributed by atoms with E-state index in [1.54, 1.807) is 0 Å². The topological polar surface area (TPSA) is 209 Å². The third-order valence-electron chi connectivity index (χ3n) is 6.13. The van der Waals surface area contributed by atoms with Gasteiger partial charge >= 0.3 is 11.4 Å². The molecular weight excluding hydrogens is 444 g/mol. The van der Waals surface area contributed by atoms with Gasteiger partial charge in [0.05, 0.1) is 12.2 Å². The molecule has 14 nitrogen and oxygen atoms in total. The second-order valence-corrected chi connectivity index (χ2v) is 8.27. The lowest BCUT2D eigenvalue weighted by molar-refractivity contribution is -0.242. The molecule has 14 heteroatoms. The van der Waals surface area contributed by atoms with E-state index in [0.717, 1.165) is 21.4 Å². The Morgan fingerprint density at radius 2 is 1.85 bits per heavy atom. The third kappa shape index (κ3) is 3.60. The number of nitrogens with one attached hydrogen (secondary N) is 2. The Kier molecular flexibility index (Phi) is 5.76. The highest BCUT2D eigenvalue weighted by molar-refractivity contribution is 5.08. The van der Waals surface area contributed by atoms with Crippen LogP contribution in [0.1, 0.15) is 25.1 Å². The predicted octanol–water partition coefficient (Wildman–Crippen LogP) is -3.80. The van der Waals surface area contributed by atoms with Gasteiger partial charge in [-0.05, 0) is 13.8 Å². The van der Waals surface area contributed by atoms with Crippen LogP contribution in [0.3, 0.4) is 0 Å². The molecule has 2 aromatic heterocycles. The summed E-state index contributed by atoms with van der Waals surface area (Å²) in [5, 5.41) is 43.1. The highest BCUT2D eigenvalue weighted by Gasteiger charge is 2.62. The molecule has 2 saturated heterocycles. The monoisotopic (exact) mass is 468 g/mol. The zero-order valence-corrected chi connectivity index (χ0v) is 17.6. The molecular formula is C19H24N4O10. The van der Waals surface area contributed by atoms with Gasteiger partial charge in [-0.15, -0.1) is 0 Å². The largest absolute Gasteiger partial charge is 0.390 e. The van der Waals surface area contributed by atoms with E-state index in [2.05, 4.69) is 4.98 Å². The van der Waals surface area contributed by atoms with Gasteiger partial charge < -0.3 is 29.9 Å². The summed E-state index contributed by atoms with van der Waals surface area (Å²) >= 11 is 0. The molecule has 2 aromatic rings. The van der Waals surface area contributed by atoms with Gasteiger partial charge in [-0.2, -0.15) is 0 Å². The average molecular weight is 468 g/mol. The van der Waals surface area contributed by atoms with Gasteiger partial charge in [0, 0.05) is 30.4 Å². The summed E-state index contributed by atoms with van der Waals surface area (Å²) in [6.07, 6.45) is -8.36. The summed E-state index contributed by atoms with van der Waals surface area (Å²) in [5.41, 5.74) is -5.31. The molecule has 0 amide bonds. The first-order valence-corrected chi connectivity index (χ1v) is 10.2. The Balaban J connectivity index is 1.76. The van der Waals surface area contributed by atoms with E-state index in [0.29, 0.717) is 0 Å². The number of nitrogens with zero attached hydrogens (tertiary/aromatic N) is 2. The van der Waals surface area contributed by atoms with Gasteiger partial charge in [-0.1, -0.05) is 0 Å². The van der Waals surface area contributed by atoms with E-state index in [1.165, 1.54) is 20.0 Å². The average Bonchev–Trinajstić information content (AvgIpc) is 3.23. The smallest absolute Gasteiger partial charge is 0.330 e. The number of hydrogen-bond acceptors (Lipinski definition) is 10. The lowest BCUT2D eigenvalue weighted by atomic mass is 9.91. The van der Waals surface area contributed by atoms with Crippen LogP contribution < -0.4 is 22.5 Å². The Hall–Kier alpha value is -2.88. The van der Waals surface area contributed by atoms with Crippen LogP contribution in [0.2, 0.25) is 0 Å². The number of aryl methyl sites for hydroxylation is 1. The predicted molar refractivity (Wildman–Crippen MR) is 108 cm³/mol. The van der Waals surface area contributed by atoms with Crippen LogP contribution in [0, 0.1) is 6.92 Å². The van der Waals surface area contributed by atoms with E-state index in [9.17, 15) is 39.6 Å². The minimum Gasteiger partial charge on any atom is -0.390 e. The molecule has 6 N–H and O–H groups in total. The summed E-state index contributed by atoms with van der Waals surface area (Å²) in [6, 6.07) is 0.957. The van der Waals surface area contributed by atoms with Gasteiger partial charge in [-0.25, -0.2) is 9.59 Å². The third-order valence-corrected chi connectivity index (χ3v) is 6.13. The summed E-state index contributed by atoms with van der Waals surface area (Å²) < 4.78 is 13.2. The number of aromatic nitrogens is 4. The number of H-pyrrole nitrogens is 2. The van der Waals surface area contributed by atoms with Crippen molar-refractivity contribution >= 4 is 0 Å². The van der Waals surface area contributed by atoms with Crippen molar-refractivity contribution in [3.05, 3.63) is 65.7 Å². The van der Waals surface area contributed by atoms with Crippen LogP contribution in [0.4, 0.5) is 0 Å². The molecule has 0 bridgehead atoms. The zero-order chi connectivity index (χ0) is 24.2. The quantitative estimate of drug-likeness (QED) is 0.258. The Labute approximate surface area is 184 Å². The fourth-order valence-electron chi connectivity index (χ4n) is 4.39. The van der Waals surface area contributed by atoms with Gasteiger partial charge in [0.2, 0.25) is 5.72 Å². The van der Waals surface area contributed by atoms with E-state index < -0.39 is 71.1 Å². The number of aliphatic hydroxyl groups excluding tert-OH is 4. The molecule has 0 aliphatic carbocycles. The molecule has 2 aliphatic heterocycles. The molecule has 33 heavy (non-hydrogen) atoms. The van der Waals surface area contributed by atoms with E-state index >= 15 is 0 Å². The molecule has 4 rings (SSSR count). The maximum Gasteiger partial charge on any atom is 0.330 e. The van der Waals surface area contributed by atoms with Crippen LogP contribution in [0.5, 0.6) is 0 Å². The van der Waals surface area contributed by atoms with Crippen molar-refractivity contribution in [2.45, 2.75) is 68.8 Å². The van der Waals surface area contributed by atoms with E-state index in [4.69, 9.17) is 9.47 Å². The van der Waals surface area contributed by atoms with E-state index in [-0.39, 0.29) is 12.0 Å². The first kappa shape index (κ1) is 23.3. The van der Waals surface area contributed by atoms with Crippen LogP contribution in [-0.4, -0.2) is 76.2 Å². The first-order valence-electron chi connectivity index (χ1n) is 10.2. The minimum absolute atomic E-state index is 0.183. The Morgan fingerprint density at radius 1 is 1.15 bits per heavy atom. The molecule has 4 heterocycles. The highest BCUT2D eigenvalue weighted by Crippen LogP contribution is 2.42.